The second kappa shape index (κ2) is 3.61. The fraction of sp³-hybridized carbons (Fsp3) is 0.250. The van der Waals surface area contributed by atoms with E-state index >= 15 is 0 Å². The van der Waals surface area contributed by atoms with Crippen LogP contribution < -0.4 is 0 Å². The Balaban J connectivity index is 2.97. The van der Waals surface area contributed by atoms with Crippen LogP contribution in [0.25, 0.3) is 0 Å². The highest BCUT2D eigenvalue weighted by molar-refractivity contribution is 6.71. The Morgan fingerprint density at radius 3 is 2.71 bits per heavy atom. The zero-order chi connectivity index (χ0) is 5.70. The van der Waals surface area contributed by atoms with Gasteiger partial charge in [-0.1, -0.05) is 6.08 Å². The summed E-state index contributed by atoms with van der Waals surface area (Å²) in [6, 6.07) is 0.593. The molecule has 38 valence electrons. The highest BCUT2D eigenvalue weighted by Crippen LogP contribution is 1.77. The first-order valence-corrected chi connectivity index (χ1v) is 3.05. The quantitative estimate of drug-likeness (QED) is 0.438. The smallest absolute Gasteiger partial charge is 0.265 e. The summed E-state index contributed by atoms with van der Waals surface area (Å²) in [6.45, 7) is 3.38. The molecule has 0 saturated carbocycles. The molecule has 0 unspecified atom stereocenters. The molecule has 7 heavy (non-hydrogen) atoms. The van der Waals surface area contributed by atoms with Crippen LogP contribution in [0.15, 0.2) is 12.7 Å². The summed E-state index contributed by atoms with van der Waals surface area (Å²) >= 11 is 0. The molecule has 2 radical (unpaired) electrons. The highest BCUT2D eigenvalue weighted by atomic mass is 28.2. The predicted octanol–water partition coefficient (Wildman–Crippen LogP) is 0.973. The lowest BCUT2D eigenvalue weighted by Crippen LogP contribution is -2.01. The van der Waals surface area contributed by atoms with Gasteiger partial charge in [0.05, 0.1) is 0 Å². The average Bonchev–Trinajstić information content (AvgIpc) is 1.61. The van der Waals surface area contributed by atoms with E-state index in [1.165, 1.54) is 0 Å². The minimum absolute atomic E-state index is 0.0127. The lowest BCUT2D eigenvalue weighted by atomic mass is 10.8. The molecule has 0 fully saturated rings. The summed E-state index contributed by atoms with van der Waals surface area (Å²) in [5, 5.41) is 8.01. The molecule has 0 saturated heterocycles. The van der Waals surface area contributed by atoms with Crippen molar-refractivity contribution in [1.82, 2.24) is 0 Å². The lowest BCUT2D eigenvalue weighted by molar-refractivity contribution is 0.220. The number of hydrogen-bond donors (Lipinski definition) is 1. The summed E-state index contributed by atoms with van der Waals surface area (Å²) in [5.41, 5.74) is -0.736. The summed E-state index contributed by atoms with van der Waals surface area (Å²) in [6.07, 6.45) is 1.60. The zero-order valence-electron chi connectivity index (χ0n) is 3.85. The van der Waals surface area contributed by atoms with Gasteiger partial charge in [-0.25, -0.2) is 0 Å². The molecule has 0 aliphatic heterocycles. The van der Waals surface area contributed by atoms with Gasteiger partial charge in [-0.2, -0.15) is 0 Å². The zero-order valence-corrected chi connectivity index (χ0v) is 4.85. The molecule has 0 amide bonds. The van der Waals surface area contributed by atoms with E-state index in [0.29, 0.717) is 6.04 Å². The number of rotatable bonds is 3. The molecule has 0 aliphatic rings. The van der Waals surface area contributed by atoms with Crippen LogP contribution in [0, 0.1) is 0 Å². The van der Waals surface area contributed by atoms with Crippen molar-refractivity contribution >= 4 is 15.1 Å². The van der Waals surface area contributed by atoms with E-state index < -0.39 is 5.59 Å². The van der Waals surface area contributed by atoms with Gasteiger partial charge in [0.15, 0.2) is 9.52 Å². The summed E-state index contributed by atoms with van der Waals surface area (Å²) < 4.78 is 0. The van der Waals surface area contributed by atoms with Crippen LogP contribution in [0.3, 0.4) is 0 Å². The van der Waals surface area contributed by atoms with Gasteiger partial charge < -0.3 is 5.11 Å². The van der Waals surface area contributed by atoms with E-state index in [2.05, 4.69) is 6.58 Å². The van der Waals surface area contributed by atoms with Crippen LogP contribution in [0.2, 0.25) is 6.04 Å². The maximum Gasteiger partial charge on any atom is 0.265 e. The Morgan fingerprint density at radius 2 is 2.57 bits per heavy atom. The van der Waals surface area contributed by atoms with Gasteiger partial charge in [0, 0.05) is 0 Å². The maximum absolute atomic E-state index is 9.72. The number of allylic oxidation sites excluding steroid dienone is 1. The first kappa shape index (κ1) is 6.43. The van der Waals surface area contributed by atoms with Crippen molar-refractivity contribution in [2.75, 3.05) is 0 Å². The molecule has 0 spiro atoms. The minimum Gasteiger partial charge on any atom is -0.486 e. The monoisotopic (exact) mass is 114 g/mol. The van der Waals surface area contributed by atoms with Gasteiger partial charge in [-0.15, -0.1) is 6.58 Å². The largest absolute Gasteiger partial charge is 0.486 e. The van der Waals surface area contributed by atoms with Crippen molar-refractivity contribution < 1.29 is 9.90 Å². The SMILES string of the molecule is C=CC[Si]C(=O)O. The van der Waals surface area contributed by atoms with Gasteiger partial charge in [-0.05, 0) is 6.04 Å². The van der Waals surface area contributed by atoms with Crippen molar-refractivity contribution in [2.45, 2.75) is 6.04 Å². The Kier molecular flexibility index (Phi) is 3.32. The number of hydrogen-bond acceptors (Lipinski definition) is 1. The van der Waals surface area contributed by atoms with E-state index in [-0.39, 0.29) is 9.52 Å². The molecule has 0 bridgehead atoms. The molecule has 0 aromatic heterocycles. The first-order chi connectivity index (χ1) is 3.27. The van der Waals surface area contributed by atoms with Gasteiger partial charge in [0.2, 0.25) is 0 Å². The van der Waals surface area contributed by atoms with Crippen molar-refractivity contribution in [3.63, 3.8) is 0 Å². The molecule has 2 nitrogen and oxygen atoms in total. The third-order valence-electron chi connectivity index (χ3n) is 0.398. The average molecular weight is 114 g/mol. The molecule has 0 heterocycles. The van der Waals surface area contributed by atoms with Crippen molar-refractivity contribution in [3.8, 4) is 0 Å². The summed E-state index contributed by atoms with van der Waals surface area (Å²) in [7, 11) is -0.0127. The number of carboxylic acid groups (broad SMARTS) is 1. The van der Waals surface area contributed by atoms with Crippen LogP contribution in [0.4, 0.5) is 4.79 Å². The number of carbonyl (C=O) groups is 1. The van der Waals surface area contributed by atoms with Crippen LogP contribution in [-0.2, 0) is 0 Å². The van der Waals surface area contributed by atoms with E-state index in [0.717, 1.165) is 0 Å². The van der Waals surface area contributed by atoms with Crippen LogP contribution in [0.5, 0.6) is 0 Å². The molecule has 0 rings (SSSR count). The van der Waals surface area contributed by atoms with Gasteiger partial charge in [-0.3, -0.25) is 4.79 Å². The highest BCUT2D eigenvalue weighted by Gasteiger charge is 1.92. The molecular weight excluding hydrogens is 108 g/mol. The van der Waals surface area contributed by atoms with Crippen molar-refractivity contribution in [2.24, 2.45) is 0 Å². The van der Waals surface area contributed by atoms with Gasteiger partial charge in [0.25, 0.3) is 5.59 Å². The lowest BCUT2D eigenvalue weighted by Gasteiger charge is -1.79. The molecular formula is C4H6O2Si. The van der Waals surface area contributed by atoms with Crippen LogP contribution in [-0.4, -0.2) is 20.2 Å². The fourth-order valence-electron chi connectivity index (χ4n) is 0.159. The molecule has 0 aliphatic carbocycles. The van der Waals surface area contributed by atoms with E-state index in [1.807, 2.05) is 0 Å². The van der Waals surface area contributed by atoms with E-state index in [1.54, 1.807) is 6.08 Å². The standard InChI is InChI=1S/C4H6O2Si/c1-2-3-7-4(5)6/h2H,1,3H2,(H,5,6). The molecule has 1 N–H and O–H groups in total. The third-order valence-corrected chi connectivity index (χ3v) is 1.19. The molecule has 0 atom stereocenters. The topological polar surface area (TPSA) is 37.3 Å². The van der Waals surface area contributed by atoms with Crippen LogP contribution in [0.1, 0.15) is 0 Å². The molecule has 0 aromatic rings. The summed E-state index contributed by atoms with van der Waals surface area (Å²) in [4.78, 5) is 9.72. The Morgan fingerprint density at radius 1 is 2.00 bits per heavy atom. The third kappa shape index (κ3) is 5.43. The fourth-order valence-corrected chi connectivity index (χ4v) is 0.478. The van der Waals surface area contributed by atoms with Crippen LogP contribution >= 0.6 is 0 Å². The Hall–Kier alpha value is -0.573. The molecule has 0 aromatic carbocycles. The maximum atomic E-state index is 9.72. The first-order valence-electron chi connectivity index (χ1n) is 1.85. The van der Waals surface area contributed by atoms with Gasteiger partial charge >= 0.3 is 0 Å². The van der Waals surface area contributed by atoms with Crippen molar-refractivity contribution in [3.05, 3.63) is 12.7 Å². The van der Waals surface area contributed by atoms with Crippen molar-refractivity contribution in [1.29, 1.82) is 0 Å². The second-order valence-corrected chi connectivity index (χ2v) is 2.16. The van der Waals surface area contributed by atoms with E-state index in [9.17, 15) is 4.79 Å². The normalized spacial score (nSPS) is 8.00. The predicted molar refractivity (Wildman–Crippen MR) is 28.8 cm³/mol. The van der Waals surface area contributed by atoms with Gasteiger partial charge in [0.1, 0.15) is 0 Å². The summed E-state index contributed by atoms with van der Waals surface area (Å²) in [5.74, 6) is 0. The molecule has 3 heteroatoms. The van der Waals surface area contributed by atoms with E-state index in [4.69, 9.17) is 5.11 Å². The second-order valence-electron chi connectivity index (χ2n) is 0.975. The Labute approximate surface area is 44.7 Å². The minimum atomic E-state index is -0.736. The Bertz CT molecular complexity index is 79.8.